The van der Waals surface area contributed by atoms with Crippen LogP contribution in [0.5, 0.6) is 0 Å². The molecule has 112 valence electrons. The Morgan fingerprint density at radius 2 is 1.85 bits per heavy atom. The molecular formula is C14H22N2O4. The van der Waals surface area contributed by atoms with Crippen molar-refractivity contribution < 1.29 is 19.5 Å². The first-order valence-corrected chi connectivity index (χ1v) is 7.37. The molecule has 0 aromatic rings. The molecule has 6 heteroatoms. The highest BCUT2D eigenvalue weighted by Gasteiger charge is 2.35. The molecule has 1 saturated heterocycles. The summed E-state index contributed by atoms with van der Waals surface area (Å²) in [4.78, 5) is 36.1. The topological polar surface area (TPSA) is 86.7 Å². The first-order valence-electron chi connectivity index (χ1n) is 7.37. The molecule has 2 aliphatic rings. The van der Waals surface area contributed by atoms with Gasteiger partial charge in [0.1, 0.15) is 12.6 Å². The number of carbonyl (C=O) groups excluding carboxylic acids is 2. The highest BCUT2D eigenvalue weighted by Crippen LogP contribution is 2.26. The van der Waals surface area contributed by atoms with Gasteiger partial charge < -0.3 is 15.3 Å². The van der Waals surface area contributed by atoms with Crippen molar-refractivity contribution in [3.8, 4) is 0 Å². The SMILES string of the molecule is O=C1CN(C(=O)CC2CCCCCC2)C(C(=O)O)CN1. The van der Waals surface area contributed by atoms with Crippen molar-refractivity contribution in [1.29, 1.82) is 0 Å². The molecule has 1 aliphatic heterocycles. The van der Waals surface area contributed by atoms with Crippen molar-refractivity contribution >= 4 is 17.8 Å². The van der Waals surface area contributed by atoms with Crippen molar-refractivity contribution in [3.05, 3.63) is 0 Å². The maximum absolute atomic E-state index is 12.3. The maximum Gasteiger partial charge on any atom is 0.328 e. The lowest BCUT2D eigenvalue weighted by atomic mass is 9.95. The number of nitrogens with zero attached hydrogens (tertiary/aromatic N) is 1. The van der Waals surface area contributed by atoms with E-state index in [4.69, 9.17) is 5.11 Å². The van der Waals surface area contributed by atoms with Crippen molar-refractivity contribution in [2.24, 2.45) is 5.92 Å². The highest BCUT2D eigenvalue weighted by atomic mass is 16.4. The zero-order valence-electron chi connectivity index (χ0n) is 11.6. The Labute approximate surface area is 118 Å². The van der Waals surface area contributed by atoms with Crippen LogP contribution in [0.15, 0.2) is 0 Å². The molecule has 0 radical (unpaired) electrons. The van der Waals surface area contributed by atoms with Gasteiger partial charge in [0, 0.05) is 13.0 Å². The van der Waals surface area contributed by atoms with E-state index >= 15 is 0 Å². The molecule has 1 aliphatic carbocycles. The number of hydrogen-bond donors (Lipinski definition) is 2. The minimum Gasteiger partial charge on any atom is -0.480 e. The minimum absolute atomic E-state index is 0.00454. The lowest BCUT2D eigenvalue weighted by Crippen LogP contribution is -2.59. The smallest absolute Gasteiger partial charge is 0.328 e. The molecule has 0 bridgehead atoms. The number of hydrogen-bond acceptors (Lipinski definition) is 3. The summed E-state index contributed by atoms with van der Waals surface area (Å²) in [5.41, 5.74) is 0. The molecular weight excluding hydrogens is 260 g/mol. The van der Waals surface area contributed by atoms with Crippen LogP contribution in [0.2, 0.25) is 0 Å². The molecule has 1 heterocycles. The van der Waals surface area contributed by atoms with Crippen LogP contribution in [0, 0.1) is 5.92 Å². The molecule has 2 fully saturated rings. The second-order valence-corrected chi connectivity index (χ2v) is 5.74. The van der Waals surface area contributed by atoms with Gasteiger partial charge in [-0.05, 0) is 18.8 Å². The number of aliphatic carboxylic acids is 1. The molecule has 0 spiro atoms. The molecule has 2 rings (SSSR count). The van der Waals surface area contributed by atoms with Gasteiger partial charge in [0.2, 0.25) is 11.8 Å². The fourth-order valence-electron chi connectivity index (χ4n) is 3.06. The molecule has 1 atom stereocenters. The van der Waals surface area contributed by atoms with E-state index in [0.717, 1.165) is 25.7 Å². The van der Waals surface area contributed by atoms with E-state index in [2.05, 4.69) is 5.32 Å². The number of rotatable bonds is 3. The van der Waals surface area contributed by atoms with Gasteiger partial charge in [-0.1, -0.05) is 25.7 Å². The monoisotopic (exact) mass is 282 g/mol. The van der Waals surface area contributed by atoms with Gasteiger partial charge in [-0.15, -0.1) is 0 Å². The average molecular weight is 282 g/mol. The minimum atomic E-state index is -1.06. The summed E-state index contributed by atoms with van der Waals surface area (Å²) in [6.45, 7) is -0.132. The zero-order chi connectivity index (χ0) is 14.5. The van der Waals surface area contributed by atoms with Gasteiger partial charge in [0.25, 0.3) is 0 Å². The van der Waals surface area contributed by atoms with Crippen molar-refractivity contribution in [1.82, 2.24) is 10.2 Å². The molecule has 0 aromatic heterocycles. The van der Waals surface area contributed by atoms with E-state index in [1.807, 2.05) is 0 Å². The molecule has 0 aromatic carbocycles. The number of carbonyl (C=O) groups is 3. The van der Waals surface area contributed by atoms with Crippen LogP contribution >= 0.6 is 0 Å². The van der Waals surface area contributed by atoms with Gasteiger partial charge in [0.15, 0.2) is 0 Å². The number of amides is 2. The molecule has 2 N–H and O–H groups in total. The summed E-state index contributed by atoms with van der Waals surface area (Å²) in [5, 5.41) is 11.6. The quantitative estimate of drug-likeness (QED) is 0.748. The Hall–Kier alpha value is -1.59. The van der Waals surface area contributed by atoms with Gasteiger partial charge in [-0.3, -0.25) is 9.59 Å². The maximum atomic E-state index is 12.3. The van der Waals surface area contributed by atoms with Gasteiger partial charge in [-0.2, -0.15) is 0 Å². The van der Waals surface area contributed by atoms with E-state index in [9.17, 15) is 14.4 Å². The third-order valence-electron chi connectivity index (χ3n) is 4.23. The van der Waals surface area contributed by atoms with Crippen LogP contribution in [0.25, 0.3) is 0 Å². The Bertz CT molecular complexity index is 389. The van der Waals surface area contributed by atoms with Crippen molar-refractivity contribution in [2.45, 2.75) is 51.0 Å². The Morgan fingerprint density at radius 3 is 2.45 bits per heavy atom. The lowest BCUT2D eigenvalue weighted by molar-refractivity contribution is -0.154. The van der Waals surface area contributed by atoms with Crippen LogP contribution in [-0.4, -0.2) is 46.9 Å². The summed E-state index contributed by atoms with van der Waals surface area (Å²) in [6.07, 6.45) is 7.15. The molecule has 2 amide bonds. The fraction of sp³-hybridized carbons (Fsp3) is 0.786. The summed E-state index contributed by atoms with van der Waals surface area (Å²) >= 11 is 0. The normalized spacial score (nSPS) is 24.9. The Morgan fingerprint density at radius 1 is 1.20 bits per heavy atom. The second-order valence-electron chi connectivity index (χ2n) is 5.74. The first-order chi connectivity index (χ1) is 9.58. The number of carboxylic acids is 1. The largest absolute Gasteiger partial charge is 0.480 e. The first kappa shape index (κ1) is 14.8. The van der Waals surface area contributed by atoms with Gasteiger partial charge >= 0.3 is 5.97 Å². The van der Waals surface area contributed by atoms with Gasteiger partial charge in [0.05, 0.1) is 0 Å². The third-order valence-corrected chi connectivity index (χ3v) is 4.23. The van der Waals surface area contributed by atoms with Crippen molar-refractivity contribution in [3.63, 3.8) is 0 Å². The average Bonchev–Trinajstić information content (AvgIpc) is 2.66. The third kappa shape index (κ3) is 3.71. The highest BCUT2D eigenvalue weighted by molar-refractivity contribution is 5.91. The van der Waals surface area contributed by atoms with E-state index in [-0.39, 0.29) is 24.9 Å². The van der Waals surface area contributed by atoms with Crippen molar-refractivity contribution in [2.75, 3.05) is 13.1 Å². The Kier molecular flexibility index (Phi) is 4.98. The van der Waals surface area contributed by atoms with E-state index in [1.165, 1.54) is 17.7 Å². The van der Waals surface area contributed by atoms with Crippen LogP contribution in [0.4, 0.5) is 0 Å². The summed E-state index contributed by atoms with van der Waals surface area (Å²) in [7, 11) is 0. The molecule has 1 unspecified atom stereocenters. The fourth-order valence-corrected chi connectivity index (χ4v) is 3.06. The van der Waals surface area contributed by atoms with E-state index in [1.54, 1.807) is 0 Å². The molecule has 6 nitrogen and oxygen atoms in total. The van der Waals surface area contributed by atoms with Crippen LogP contribution in [-0.2, 0) is 14.4 Å². The summed E-state index contributed by atoms with van der Waals surface area (Å²) in [6, 6.07) is -0.925. The van der Waals surface area contributed by atoms with Crippen LogP contribution < -0.4 is 5.32 Å². The molecule has 20 heavy (non-hydrogen) atoms. The van der Waals surface area contributed by atoms with Gasteiger partial charge in [-0.25, -0.2) is 4.79 Å². The predicted molar refractivity (Wildman–Crippen MR) is 72.0 cm³/mol. The van der Waals surface area contributed by atoms with E-state index < -0.39 is 12.0 Å². The standard InChI is InChI=1S/C14H22N2O4/c17-12-9-16(11(8-15-12)14(19)20)13(18)7-10-5-3-1-2-4-6-10/h10-11H,1-9H2,(H,15,17)(H,19,20). The number of nitrogens with one attached hydrogen (secondary N) is 1. The number of piperazine rings is 1. The van der Waals surface area contributed by atoms with Crippen LogP contribution in [0.3, 0.4) is 0 Å². The lowest BCUT2D eigenvalue weighted by Gasteiger charge is -2.33. The second kappa shape index (κ2) is 6.72. The van der Waals surface area contributed by atoms with Crippen LogP contribution in [0.1, 0.15) is 44.9 Å². The summed E-state index contributed by atoms with van der Waals surface area (Å²) < 4.78 is 0. The zero-order valence-corrected chi connectivity index (χ0v) is 11.6. The predicted octanol–water partition coefficient (Wildman–Crippen LogP) is 0.758. The molecule has 1 saturated carbocycles. The Balaban J connectivity index is 1.97. The number of carboxylic acid groups (broad SMARTS) is 1. The summed E-state index contributed by atoms with van der Waals surface area (Å²) in [5.74, 6) is -1.19. The van der Waals surface area contributed by atoms with E-state index in [0.29, 0.717) is 12.3 Å².